The topological polar surface area (TPSA) is 88.7 Å². The molecule has 0 heterocycles. The summed E-state index contributed by atoms with van der Waals surface area (Å²) in [5.41, 5.74) is 2.42. The molecule has 3 aromatic carbocycles. The highest BCUT2D eigenvalue weighted by molar-refractivity contribution is 6.04. The van der Waals surface area contributed by atoms with Crippen LogP contribution in [0.4, 0.5) is 17.1 Å². The van der Waals surface area contributed by atoms with Crippen LogP contribution in [-0.2, 0) is 4.79 Å². The van der Waals surface area contributed by atoms with Crippen molar-refractivity contribution in [3.63, 3.8) is 0 Å². The van der Waals surface area contributed by atoms with Gasteiger partial charge in [0.2, 0.25) is 5.91 Å². The van der Waals surface area contributed by atoms with Crippen molar-refractivity contribution in [2.75, 3.05) is 36.7 Å². The van der Waals surface area contributed by atoms with Crippen LogP contribution in [0, 0.1) is 0 Å². The van der Waals surface area contributed by atoms with Crippen molar-refractivity contribution >= 4 is 28.9 Å². The second kappa shape index (κ2) is 9.97. The Kier molecular flexibility index (Phi) is 6.89. The van der Waals surface area contributed by atoms with E-state index in [0.29, 0.717) is 34.1 Å². The van der Waals surface area contributed by atoms with E-state index in [-0.39, 0.29) is 18.4 Å². The zero-order chi connectivity index (χ0) is 21.3. The second-order valence-corrected chi connectivity index (χ2v) is 6.37. The number of anilines is 3. The number of amides is 2. The highest BCUT2D eigenvalue weighted by Gasteiger charge is 2.10. The average molecular weight is 405 g/mol. The predicted octanol–water partition coefficient (Wildman–Crippen LogP) is 4.01. The predicted molar refractivity (Wildman–Crippen MR) is 118 cm³/mol. The smallest absolute Gasteiger partial charge is 0.255 e. The van der Waals surface area contributed by atoms with Crippen molar-refractivity contribution in [3.05, 3.63) is 78.4 Å². The molecular weight excluding hydrogens is 382 g/mol. The fourth-order valence-corrected chi connectivity index (χ4v) is 2.79. The second-order valence-electron chi connectivity index (χ2n) is 6.37. The van der Waals surface area contributed by atoms with E-state index in [1.165, 1.54) is 7.11 Å². The number of hydrogen-bond donors (Lipinski definition) is 3. The lowest BCUT2D eigenvalue weighted by molar-refractivity contribution is -0.114. The Balaban J connectivity index is 1.59. The van der Waals surface area contributed by atoms with Crippen LogP contribution in [-0.4, -0.2) is 32.6 Å². The first kappa shape index (κ1) is 20.7. The zero-order valence-corrected chi connectivity index (χ0v) is 16.8. The lowest BCUT2D eigenvalue weighted by Gasteiger charge is -2.13. The van der Waals surface area contributed by atoms with Gasteiger partial charge in [0.05, 0.1) is 26.5 Å². The number of ether oxygens (including phenoxy) is 2. The number of rotatable bonds is 8. The van der Waals surface area contributed by atoms with Gasteiger partial charge in [0.15, 0.2) is 0 Å². The summed E-state index contributed by atoms with van der Waals surface area (Å²) >= 11 is 0. The summed E-state index contributed by atoms with van der Waals surface area (Å²) in [6, 6.07) is 21.3. The van der Waals surface area contributed by atoms with E-state index in [1.54, 1.807) is 55.6 Å². The van der Waals surface area contributed by atoms with Gasteiger partial charge in [0.25, 0.3) is 5.91 Å². The normalized spacial score (nSPS) is 10.1. The quantitative estimate of drug-likeness (QED) is 0.527. The van der Waals surface area contributed by atoms with Gasteiger partial charge in [-0.3, -0.25) is 9.59 Å². The van der Waals surface area contributed by atoms with Gasteiger partial charge < -0.3 is 25.4 Å². The zero-order valence-electron chi connectivity index (χ0n) is 16.8. The van der Waals surface area contributed by atoms with E-state index in [4.69, 9.17) is 9.47 Å². The minimum absolute atomic E-state index is 0.0381. The molecule has 3 aromatic rings. The molecule has 0 aliphatic heterocycles. The third-order valence-electron chi connectivity index (χ3n) is 4.29. The van der Waals surface area contributed by atoms with Gasteiger partial charge in [-0.2, -0.15) is 0 Å². The largest absolute Gasteiger partial charge is 0.497 e. The molecule has 2 amide bonds. The molecule has 0 spiro atoms. The first-order chi connectivity index (χ1) is 14.6. The van der Waals surface area contributed by atoms with Crippen LogP contribution in [0.5, 0.6) is 11.5 Å². The maximum absolute atomic E-state index is 12.4. The van der Waals surface area contributed by atoms with Crippen LogP contribution in [0.25, 0.3) is 0 Å². The first-order valence-electron chi connectivity index (χ1n) is 9.31. The Hall–Kier alpha value is -4.00. The Morgan fingerprint density at radius 2 is 1.57 bits per heavy atom. The molecule has 7 nitrogen and oxygen atoms in total. The number of carbonyl (C=O) groups excluding carboxylic acids is 2. The average Bonchev–Trinajstić information content (AvgIpc) is 2.78. The molecule has 3 N–H and O–H groups in total. The van der Waals surface area contributed by atoms with Crippen molar-refractivity contribution < 1.29 is 19.1 Å². The van der Waals surface area contributed by atoms with E-state index in [9.17, 15) is 9.59 Å². The lowest BCUT2D eigenvalue weighted by Crippen LogP contribution is -2.22. The van der Waals surface area contributed by atoms with Crippen LogP contribution in [0.15, 0.2) is 72.8 Å². The monoisotopic (exact) mass is 405 g/mol. The Bertz CT molecular complexity index is 1020. The highest BCUT2D eigenvalue weighted by Crippen LogP contribution is 2.28. The van der Waals surface area contributed by atoms with E-state index in [2.05, 4.69) is 16.0 Å². The van der Waals surface area contributed by atoms with Gasteiger partial charge >= 0.3 is 0 Å². The molecule has 0 unspecified atom stereocenters. The van der Waals surface area contributed by atoms with Crippen LogP contribution >= 0.6 is 0 Å². The minimum Gasteiger partial charge on any atom is -0.497 e. The van der Waals surface area contributed by atoms with Crippen molar-refractivity contribution in [2.24, 2.45) is 0 Å². The molecule has 0 aliphatic carbocycles. The number of hydrogen-bond acceptors (Lipinski definition) is 5. The van der Waals surface area contributed by atoms with Crippen molar-refractivity contribution in [2.45, 2.75) is 0 Å². The van der Waals surface area contributed by atoms with E-state index < -0.39 is 0 Å². The summed E-state index contributed by atoms with van der Waals surface area (Å²) in [5, 5.41) is 8.69. The van der Waals surface area contributed by atoms with Crippen molar-refractivity contribution in [1.82, 2.24) is 0 Å². The summed E-state index contributed by atoms with van der Waals surface area (Å²) in [4.78, 5) is 24.7. The van der Waals surface area contributed by atoms with Gasteiger partial charge in [-0.1, -0.05) is 24.3 Å². The Morgan fingerprint density at radius 1 is 0.800 bits per heavy atom. The number of nitrogens with one attached hydrogen (secondary N) is 3. The van der Waals surface area contributed by atoms with Gasteiger partial charge in [-0.05, 0) is 42.5 Å². The molecular formula is C23H23N3O4. The molecule has 3 rings (SSSR count). The van der Waals surface area contributed by atoms with Gasteiger partial charge in [-0.25, -0.2) is 0 Å². The summed E-state index contributed by atoms with van der Waals surface area (Å²) in [5.74, 6) is 0.701. The molecule has 154 valence electrons. The van der Waals surface area contributed by atoms with E-state index in [0.717, 1.165) is 0 Å². The third kappa shape index (κ3) is 5.51. The van der Waals surface area contributed by atoms with Crippen molar-refractivity contribution in [1.29, 1.82) is 0 Å². The molecule has 30 heavy (non-hydrogen) atoms. The Morgan fingerprint density at radius 3 is 2.30 bits per heavy atom. The number of carbonyl (C=O) groups is 2. The molecule has 7 heteroatoms. The molecule has 0 fully saturated rings. The highest BCUT2D eigenvalue weighted by atomic mass is 16.5. The van der Waals surface area contributed by atoms with E-state index >= 15 is 0 Å². The summed E-state index contributed by atoms with van der Waals surface area (Å²) in [6.07, 6.45) is 0. The fraction of sp³-hybridized carbons (Fsp3) is 0.130. The Labute approximate surface area is 175 Å². The lowest BCUT2D eigenvalue weighted by atomic mass is 10.2. The van der Waals surface area contributed by atoms with Gasteiger partial charge in [0.1, 0.15) is 11.5 Å². The van der Waals surface area contributed by atoms with Gasteiger partial charge in [0, 0.05) is 23.0 Å². The van der Waals surface area contributed by atoms with E-state index in [1.807, 2.05) is 24.3 Å². The van der Waals surface area contributed by atoms with Crippen LogP contribution in [0.3, 0.4) is 0 Å². The summed E-state index contributed by atoms with van der Waals surface area (Å²) in [6.45, 7) is 0.0381. The number of benzene rings is 3. The summed E-state index contributed by atoms with van der Waals surface area (Å²) in [7, 11) is 3.09. The van der Waals surface area contributed by atoms with Crippen LogP contribution < -0.4 is 25.4 Å². The van der Waals surface area contributed by atoms with Crippen molar-refractivity contribution in [3.8, 4) is 11.5 Å². The minimum atomic E-state index is -0.250. The summed E-state index contributed by atoms with van der Waals surface area (Å²) < 4.78 is 10.5. The third-order valence-corrected chi connectivity index (χ3v) is 4.29. The SMILES string of the molecule is COc1ccc(OC)c(NC(=O)CNc2cccc(NC(=O)c3ccccc3)c2)c1. The molecule has 0 saturated heterocycles. The maximum Gasteiger partial charge on any atom is 0.255 e. The molecule has 0 aliphatic rings. The first-order valence-corrected chi connectivity index (χ1v) is 9.31. The van der Waals surface area contributed by atoms with Gasteiger partial charge in [-0.15, -0.1) is 0 Å². The molecule has 0 saturated carbocycles. The molecule has 0 atom stereocenters. The van der Waals surface area contributed by atoms with Crippen LogP contribution in [0.1, 0.15) is 10.4 Å². The molecule has 0 radical (unpaired) electrons. The number of methoxy groups -OCH3 is 2. The molecule has 0 bridgehead atoms. The molecule has 0 aromatic heterocycles. The standard InChI is InChI=1S/C23H23N3O4/c1-29-19-11-12-21(30-2)20(14-19)26-22(27)15-24-17-9-6-10-18(13-17)25-23(28)16-7-4-3-5-8-16/h3-14,24H,15H2,1-2H3,(H,25,28)(H,26,27). The van der Waals surface area contributed by atoms with Crippen LogP contribution in [0.2, 0.25) is 0 Å². The fourth-order valence-electron chi connectivity index (χ4n) is 2.79. The maximum atomic E-state index is 12.4.